The fourth-order valence-corrected chi connectivity index (χ4v) is 3.20. The topological polar surface area (TPSA) is 66.6 Å². The molecule has 2 amide bonds. The number of piperazine rings is 1. The Kier molecular flexibility index (Phi) is 7.39. The largest absolute Gasteiger partial charge is 0.338 e. The Morgan fingerprint density at radius 2 is 1.48 bits per heavy atom. The van der Waals surface area contributed by atoms with Crippen LogP contribution in [0.15, 0.2) is 54.6 Å². The Balaban J connectivity index is 0.00000261. The minimum atomic E-state index is -0.545. The molecule has 0 radical (unpaired) electrons. The van der Waals surface area contributed by atoms with E-state index in [4.69, 9.17) is 5.73 Å². The quantitative estimate of drug-likeness (QED) is 0.875. The lowest BCUT2D eigenvalue weighted by molar-refractivity contribution is -0.134. The number of rotatable bonds is 4. The summed E-state index contributed by atoms with van der Waals surface area (Å²) in [5.41, 5.74) is 8.98. The van der Waals surface area contributed by atoms with E-state index < -0.39 is 6.04 Å². The van der Waals surface area contributed by atoms with Crippen molar-refractivity contribution in [2.75, 3.05) is 26.2 Å². The Labute approximate surface area is 166 Å². The molecule has 1 aliphatic heterocycles. The average Bonchev–Trinajstić information content (AvgIpc) is 2.68. The predicted octanol–water partition coefficient (Wildman–Crippen LogP) is 2.27. The maximum absolute atomic E-state index is 12.6. The second kappa shape index (κ2) is 9.53. The Hall–Kier alpha value is -2.37. The van der Waals surface area contributed by atoms with Crippen molar-refractivity contribution in [3.8, 4) is 0 Å². The van der Waals surface area contributed by atoms with E-state index >= 15 is 0 Å². The number of carbonyl (C=O) groups excluding carboxylic acids is 2. The van der Waals surface area contributed by atoms with Crippen molar-refractivity contribution in [3.63, 3.8) is 0 Å². The molecule has 0 saturated carbocycles. The maximum Gasteiger partial charge on any atom is 0.253 e. The molecule has 0 unspecified atom stereocenters. The third kappa shape index (κ3) is 5.31. The second-order valence-corrected chi connectivity index (χ2v) is 6.78. The van der Waals surface area contributed by atoms with Crippen LogP contribution in [0, 0.1) is 6.92 Å². The number of amides is 2. The molecule has 1 heterocycles. The van der Waals surface area contributed by atoms with Gasteiger partial charge in [0.15, 0.2) is 0 Å². The molecule has 6 heteroatoms. The minimum Gasteiger partial charge on any atom is -0.338 e. The second-order valence-electron chi connectivity index (χ2n) is 6.78. The minimum absolute atomic E-state index is 0. The monoisotopic (exact) mass is 387 g/mol. The summed E-state index contributed by atoms with van der Waals surface area (Å²) >= 11 is 0. The third-order valence-corrected chi connectivity index (χ3v) is 4.79. The number of benzene rings is 2. The van der Waals surface area contributed by atoms with Gasteiger partial charge in [0.1, 0.15) is 0 Å². The van der Waals surface area contributed by atoms with Crippen LogP contribution in [0.2, 0.25) is 0 Å². The highest BCUT2D eigenvalue weighted by molar-refractivity contribution is 5.94. The number of nitrogens with zero attached hydrogens (tertiary/aromatic N) is 2. The lowest BCUT2D eigenvalue weighted by Gasteiger charge is -2.36. The van der Waals surface area contributed by atoms with E-state index in [2.05, 4.69) is 0 Å². The smallest absolute Gasteiger partial charge is 0.253 e. The van der Waals surface area contributed by atoms with Crippen LogP contribution in [0.1, 0.15) is 21.5 Å². The van der Waals surface area contributed by atoms with Gasteiger partial charge < -0.3 is 15.5 Å². The number of hydrogen-bond acceptors (Lipinski definition) is 3. The van der Waals surface area contributed by atoms with Gasteiger partial charge in [0.2, 0.25) is 5.91 Å². The summed E-state index contributed by atoms with van der Waals surface area (Å²) in [6.07, 6.45) is 0.530. The maximum atomic E-state index is 12.6. The van der Waals surface area contributed by atoms with Crippen LogP contribution in [0.5, 0.6) is 0 Å². The van der Waals surface area contributed by atoms with Crippen LogP contribution in [-0.4, -0.2) is 53.8 Å². The lowest BCUT2D eigenvalue weighted by Crippen LogP contribution is -2.54. The van der Waals surface area contributed by atoms with Crippen molar-refractivity contribution in [3.05, 3.63) is 71.3 Å². The summed E-state index contributed by atoms with van der Waals surface area (Å²) in [4.78, 5) is 28.7. The van der Waals surface area contributed by atoms with Gasteiger partial charge in [-0.25, -0.2) is 0 Å². The molecular weight excluding hydrogens is 362 g/mol. The number of halogens is 1. The van der Waals surface area contributed by atoms with Crippen LogP contribution in [0.3, 0.4) is 0 Å². The van der Waals surface area contributed by atoms with Gasteiger partial charge in [0, 0.05) is 31.7 Å². The summed E-state index contributed by atoms with van der Waals surface area (Å²) < 4.78 is 0. The Morgan fingerprint density at radius 3 is 2.07 bits per heavy atom. The molecule has 27 heavy (non-hydrogen) atoms. The zero-order valence-electron chi connectivity index (χ0n) is 15.5. The first-order valence-corrected chi connectivity index (χ1v) is 8.99. The van der Waals surface area contributed by atoms with Crippen LogP contribution < -0.4 is 5.73 Å². The fraction of sp³-hybridized carbons (Fsp3) is 0.333. The first-order valence-electron chi connectivity index (χ1n) is 8.99. The van der Waals surface area contributed by atoms with E-state index in [0.29, 0.717) is 38.2 Å². The first-order chi connectivity index (χ1) is 12.5. The average molecular weight is 388 g/mol. The van der Waals surface area contributed by atoms with E-state index in [-0.39, 0.29) is 24.2 Å². The molecule has 0 aromatic heterocycles. The van der Waals surface area contributed by atoms with Gasteiger partial charge >= 0.3 is 0 Å². The van der Waals surface area contributed by atoms with E-state index in [1.807, 2.05) is 61.5 Å². The van der Waals surface area contributed by atoms with Gasteiger partial charge in [-0.3, -0.25) is 9.59 Å². The Bertz CT molecular complexity index is 757. The van der Waals surface area contributed by atoms with Gasteiger partial charge in [-0.15, -0.1) is 12.4 Å². The summed E-state index contributed by atoms with van der Waals surface area (Å²) in [6, 6.07) is 16.8. The van der Waals surface area contributed by atoms with E-state index in [1.54, 1.807) is 9.80 Å². The van der Waals surface area contributed by atoms with Crippen LogP contribution in [0.25, 0.3) is 0 Å². The lowest BCUT2D eigenvalue weighted by atomic mass is 10.1. The molecule has 0 spiro atoms. The van der Waals surface area contributed by atoms with Gasteiger partial charge in [-0.05, 0) is 31.0 Å². The number of carbonyl (C=O) groups is 2. The van der Waals surface area contributed by atoms with E-state index in [1.165, 1.54) is 0 Å². The SMILES string of the molecule is Cc1ccc(C(=O)N2CCN(C(=O)[C@@H](N)Cc3ccccc3)CC2)cc1.Cl. The highest BCUT2D eigenvalue weighted by atomic mass is 35.5. The third-order valence-electron chi connectivity index (χ3n) is 4.79. The molecule has 2 aromatic carbocycles. The molecule has 1 fully saturated rings. The molecule has 5 nitrogen and oxygen atoms in total. The number of nitrogens with two attached hydrogens (primary N) is 1. The molecular formula is C21H26ClN3O2. The van der Waals surface area contributed by atoms with Gasteiger partial charge in [-0.1, -0.05) is 48.0 Å². The van der Waals surface area contributed by atoms with E-state index in [9.17, 15) is 9.59 Å². The molecule has 3 rings (SSSR count). The number of hydrogen-bond donors (Lipinski definition) is 1. The molecule has 2 aromatic rings. The van der Waals surface area contributed by atoms with Gasteiger partial charge in [-0.2, -0.15) is 0 Å². The standard InChI is InChI=1S/C21H25N3O2.ClH/c1-16-7-9-18(10-8-16)20(25)23-11-13-24(14-12-23)21(26)19(22)15-17-5-3-2-4-6-17;/h2-10,19H,11-15,22H2,1H3;1H/t19-;/m0./s1. The molecule has 1 aliphatic rings. The fourth-order valence-electron chi connectivity index (χ4n) is 3.20. The normalized spacial score (nSPS) is 15.0. The van der Waals surface area contributed by atoms with E-state index in [0.717, 1.165) is 11.1 Å². The molecule has 0 bridgehead atoms. The van der Waals surface area contributed by atoms with Crippen molar-refractivity contribution in [1.29, 1.82) is 0 Å². The van der Waals surface area contributed by atoms with Crippen LogP contribution in [0.4, 0.5) is 0 Å². The van der Waals surface area contributed by atoms with Crippen LogP contribution >= 0.6 is 12.4 Å². The number of aryl methyl sites for hydroxylation is 1. The zero-order chi connectivity index (χ0) is 18.5. The van der Waals surface area contributed by atoms with Crippen molar-refractivity contribution in [2.45, 2.75) is 19.4 Å². The van der Waals surface area contributed by atoms with Crippen molar-refractivity contribution in [1.82, 2.24) is 9.80 Å². The first kappa shape index (κ1) is 20.9. The molecule has 0 aliphatic carbocycles. The highest BCUT2D eigenvalue weighted by Crippen LogP contribution is 2.12. The van der Waals surface area contributed by atoms with Crippen molar-refractivity contribution in [2.24, 2.45) is 5.73 Å². The molecule has 1 saturated heterocycles. The predicted molar refractivity (Wildman–Crippen MR) is 109 cm³/mol. The highest BCUT2D eigenvalue weighted by Gasteiger charge is 2.27. The zero-order valence-corrected chi connectivity index (χ0v) is 16.3. The van der Waals surface area contributed by atoms with Gasteiger partial charge in [0.25, 0.3) is 5.91 Å². The summed E-state index contributed by atoms with van der Waals surface area (Å²) in [5, 5.41) is 0. The van der Waals surface area contributed by atoms with Crippen molar-refractivity contribution < 1.29 is 9.59 Å². The molecule has 144 valence electrons. The summed E-state index contributed by atoms with van der Waals surface area (Å²) in [5.74, 6) is -0.0260. The summed E-state index contributed by atoms with van der Waals surface area (Å²) in [7, 11) is 0. The van der Waals surface area contributed by atoms with Gasteiger partial charge in [0.05, 0.1) is 6.04 Å². The van der Waals surface area contributed by atoms with Crippen molar-refractivity contribution >= 4 is 24.2 Å². The summed E-state index contributed by atoms with van der Waals surface area (Å²) in [6.45, 7) is 4.13. The van der Waals surface area contributed by atoms with Crippen LogP contribution in [-0.2, 0) is 11.2 Å². The molecule has 2 N–H and O–H groups in total. The Morgan fingerprint density at radius 1 is 0.926 bits per heavy atom. The molecule has 1 atom stereocenters.